The Morgan fingerprint density at radius 2 is 1.11 bits per heavy atom. The van der Waals surface area contributed by atoms with Crippen LogP contribution in [0.5, 0.6) is 0 Å². The fourth-order valence-corrected chi connectivity index (χ4v) is 4.08. The molecule has 0 aromatic rings. The Morgan fingerprint density at radius 3 is 1.62 bits per heavy atom. The van der Waals surface area contributed by atoms with Crippen LogP contribution in [0, 0.1) is 5.41 Å². The number of aliphatic hydroxyl groups is 11. The summed E-state index contributed by atoms with van der Waals surface area (Å²) >= 11 is 0. The molecule has 0 saturated carbocycles. The average molecular weight is 547 g/mol. The Morgan fingerprint density at radius 1 is 0.649 bits per heavy atom. The molecule has 2 rings (SSSR count). The summed E-state index contributed by atoms with van der Waals surface area (Å²) < 4.78 is 21.2. The normalized spacial score (nSPS) is 40.7. The van der Waals surface area contributed by atoms with E-state index >= 15 is 0 Å². The molecule has 15 heteroatoms. The monoisotopic (exact) mass is 546 g/mol. The van der Waals surface area contributed by atoms with Gasteiger partial charge in [-0.2, -0.15) is 0 Å². The van der Waals surface area contributed by atoms with Crippen molar-refractivity contribution in [1.82, 2.24) is 0 Å². The Kier molecular flexibility index (Phi) is 12.0. The molecule has 0 amide bonds. The van der Waals surface area contributed by atoms with Gasteiger partial charge in [0.25, 0.3) is 0 Å². The van der Waals surface area contributed by atoms with E-state index in [1.165, 1.54) is 0 Å². The van der Waals surface area contributed by atoms with Crippen molar-refractivity contribution < 1.29 is 75.1 Å². The predicted octanol–water partition coefficient (Wildman–Crippen LogP) is -5.49. The molecule has 220 valence electrons. The second kappa shape index (κ2) is 13.6. The van der Waals surface area contributed by atoms with E-state index in [-0.39, 0.29) is 11.8 Å². The van der Waals surface area contributed by atoms with Crippen LogP contribution in [0.3, 0.4) is 0 Å². The molecule has 15 nitrogen and oxygen atoms in total. The van der Waals surface area contributed by atoms with Crippen LogP contribution in [-0.2, 0) is 18.9 Å². The van der Waals surface area contributed by atoms with Crippen molar-refractivity contribution in [2.75, 3.05) is 19.8 Å². The molecule has 0 aromatic heterocycles. The Labute approximate surface area is 214 Å². The lowest BCUT2D eigenvalue weighted by atomic mass is 9.86. The maximum Gasteiger partial charge on any atom is 0.186 e. The maximum atomic E-state index is 10.3. The second-order valence-electron chi connectivity index (χ2n) is 10.8. The predicted molar refractivity (Wildman–Crippen MR) is 120 cm³/mol. The van der Waals surface area contributed by atoms with Crippen molar-refractivity contribution in [3.05, 3.63) is 0 Å². The lowest BCUT2D eigenvalue weighted by Gasteiger charge is -2.42. The highest BCUT2D eigenvalue weighted by molar-refractivity contribution is 4.92. The van der Waals surface area contributed by atoms with Crippen molar-refractivity contribution >= 4 is 0 Å². The number of rotatable bonds is 11. The van der Waals surface area contributed by atoms with Gasteiger partial charge in [-0.15, -0.1) is 0 Å². The molecule has 2 heterocycles. The lowest BCUT2D eigenvalue weighted by molar-refractivity contribution is -0.333. The molecule has 2 aliphatic heterocycles. The minimum atomic E-state index is -1.82. The molecule has 0 spiro atoms. The number of hydrogen-bond acceptors (Lipinski definition) is 15. The van der Waals surface area contributed by atoms with Crippen molar-refractivity contribution in [3.8, 4) is 0 Å². The van der Waals surface area contributed by atoms with Crippen LogP contribution in [0.4, 0.5) is 0 Å². The Hall–Kier alpha value is -0.600. The third kappa shape index (κ3) is 8.44. The van der Waals surface area contributed by atoms with Gasteiger partial charge in [-0.3, -0.25) is 0 Å². The summed E-state index contributed by atoms with van der Waals surface area (Å²) in [4.78, 5) is 0. The van der Waals surface area contributed by atoms with Crippen molar-refractivity contribution in [3.63, 3.8) is 0 Å². The van der Waals surface area contributed by atoms with Crippen molar-refractivity contribution in [2.45, 2.75) is 113 Å². The first-order valence-electron chi connectivity index (χ1n) is 12.0. The number of ether oxygens (including phenoxy) is 4. The van der Waals surface area contributed by atoms with E-state index in [4.69, 9.17) is 18.9 Å². The van der Waals surface area contributed by atoms with Crippen molar-refractivity contribution in [1.29, 1.82) is 0 Å². The van der Waals surface area contributed by atoms with E-state index in [1.54, 1.807) is 0 Å². The molecule has 2 fully saturated rings. The highest BCUT2D eigenvalue weighted by Crippen LogP contribution is 2.27. The summed E-state index contributed by atoms with van der Waals surface area (Å²) in [6.07, 6.45) is -22.6. The van der Waals surface area contributed by atoms with Gasteiger partial charge in [0.15, 0.2) is 12.6 Å². The number of hydrogen-bond donors (Lipinski definition) is 11. The van der Waals surface area contributed by atoms with Crippen LogP contribution in [0.2, 0.25) is 0 Å². The van der Waals surface area contributed by atoms with Crippen LogP contribution >= 0.6 is 0 Å². The van der Waals surface area contributed by atoms with Gasteiger partial charge < -0.3 is 75.1 Å². The van der Waals surface area contributed by atoms with Crippen LogP contribution < -0.4 is 0 Å². The zero-order chi connectivity index (χ0) is 28.2. The van der Waals surface area contributed by atoms with Gasteiger partial charge in [-0.25, -0.2) is 0 Å². The minimum absolute atomic E-state index is 0.128. The highest BCUT2D eigenvalue weighted by Gasteiger charge is 2.47. The van der Waals surface area contributed by atoms with Gasteiger partial charge in [0, 0.05) is 0 Å². The van der Waals surface area contributed by atoms with Gasteiger partial charge in [0.05, 0.1) is 25.9 Å². The highest BCUT2D eigenvalue weighted by atomic mass is 16.7. The summed E-state index contributed by atoms with van der Waals surface area (Å²) in [5, 5.41) is 110. The van der Waals surface area contributed by atoms with Gasteiger partial charge >= 0.3 is 0 Å². The zero-order valence-corrected chi connectivity index (χ0v) is 21.0. The van der Waals surface area contributed by atoms with Gasteiger partial charge in [0.1, 0.15) is 67.1 Å². The SMILES string of the molecule is CC(C)(C)C[C@H](O)[C@@H](O)[C@H](O)C(O)CO[C@@H]1O[C@H](CO[C@@H]2O[C@H](CO)[C@@H](O)[C@H](O)[C@H]2O)[C@@H](O)[C@H](O)[C@H]1O. The molecule has 0 aliphatic carbocycles. The third-order valence-corrected chi connectivity index (χ3v) is 6.33. The fraction of sp³-hybridized carbons (Fsp3) is 1.00. The molecule has 0 aromatic carbocycles. The smallest absolute Gasteiger partial charge is 0.186 e. The molecule has 14 atom stereocenters. The van der Waals surface area contributed by atoms with Crippen LogP contribution in [0.15, 0.2) is 0 Å². The van der Waals surface area contributed by atoms with E-state index in [9.17, 15) is 56.2 Å². The zero-order valence-electron chi connectivity index (χ0n) is 21.0. The molecule has 2 saturated heterocycles. The summed E-state index contributed by atoms with van der Waals surface area (Å²) in [7, 11) is 0. The Balaban J connectivity index is 1.94. The molecule has 11 N–H and O–H groups in total. The first-order chi connectivity index (χ1) is 17.1. The largest absolute Gasteiger partial charge is 0.394 e. The van der Waals surface area contributed by atoms with Gasteiger partial charge in [0.2, 0.25) is 0 Å². The third-order valence-electron chi connectivity index (χ3n) is 6.33. The topological polar surface area (TPSA) is 259 Å². The molecular formula is C22H42O15. The van der Waals surface area contributed by atoms with Crippen LogP contribution in [-0.4, -0.2) is 162 Å². The molecular weight excluding hydrogens is 504 g/mol. The molecule has 37 heavy (non-hydrogen) atoms. The van der Waals surface area contributed by atoms with E-state index in [0.29, 0.717) is 0 Å². The van der Waals surface area contributed by atoms with E-state index < -0.39 is 106 Å². The summed E-state index contributed by atoms with van der Waals surface area (Å²) in [5.74, 6) is 0. The van der Waals surface area contributed by atoms with Crippen LogP contribution in [0.25, 0.3) is 0 Å². The second-order valence-corrected chi connectivity index (χ2v) is 10.8. The standard InChI is InChI=1S/C22H42O15/c1-22(2,3)4-8(24)12(26)13(27)9(25)6-34-20-19(33)17(31)15(29)11(37-20)7-35-21-18(32)16(30)14(28)10(5-23)36-21/h8-21,23-33H,4-7H2,1-3H3/t8-,9?,10+,11+,12+,13+,14+,15+,16-,17-,18+,19+,20+,21+/m0/s1. The molecule has 0 bridgehead atoms. The Bertz CT molecular complexity index is 675. The van der Waals surface area contributed by atoms with Crippen LogP contribution in [0.1, 0.15) is 27.2 Å². The van der Waals surface area contributed by atoms with E-state index in [0.717, 1.165) is 0 Å². The fourth-order valence-electron chi connectivity index (χ4n) is 4.08. The molecule has 2 aliphatic rings. The van der Waals surface area contributed by atoms with Gasteiger partial charge in [-0.1, -0.05) is 20.8 Å². The quantitative estimate of drug-likeness (QED) is 0.115. The summed E-state index contributed by atoms with van der Waals surface area (Å²) in [6.45, 7) is 3.47. The molecule has 0 radical (unpaired) electrons. The summed E-state index contributed by atoms with van der Waals surface area (Å²) in [5.41, 5.74) is -0.370. The van der Waals surface area contributed by atoms with E-state index in [2.05, 4.69) is 0 Å². The molecule has 1 unspecified atom stereocenters. The average Bonchev–Trinajstić information content (AvgIpc) is 2.83. The first-order valence-corrected chi connectivity index (χ1v) is 12.0. The minimum Gasteiger partial charge on any atom is -0.394 e. The lowest BCUT2D eigenvalue weighted by Crippen LogP contribution is -2.62. The van der Waals surface area contributed by atoms with Gasteiger partial charge in [-0.05, 0) is 11.8 Å². The van der Waals surface area contributed by atoms with Crippen molar-refractivity contribution in [2.24, 2.45) is 5.41 Å². The number of aliphatic hydroxyl groups excluding tert-OH is 11. The maximum absolute atomic E-state index is 10.3. The first kappa shape index (κ1) is 32.6. The summed E-state index contributed by atoms with van der Waals surface area (Å²) in [6, 6.07) is 0. The van der Waals surface area contributed by atoms with E-state index in [1.807, 2.05) is 20.8 Å².